The summed E-state index contributed by atoms with van der Waals surface area (Å²) in [6.45, 7) is 3.12. The zero-order valence-corrected chi connectivity index (χ0v) is 25.7. The van der Waals surface area contributed by atoms with E-state index in [-0.39, 0.29) is 18.1 Å². The Kier molecular flexibility index (Phi) is 12.0. The van der Waals surface area contributed by atoms with Gasteiger partial charge in [0.1, 0.15) is 12.1 Å². The average molecular weight is 582 g/mol. The summed E-state index contributed by atoms with van der Waals surface area (Å²) in [5.74, 6) is 2.42. The van der Waals surface area contributed by atoms with Gasteiger partial charge in [-0.25, -0.2) is 5.48 Å². The summed E-state index contributed by atoms with van der Waals surface area (Å²) in [7, 11) is 0. The fourth-order valence-electron chi connectivity index (χ4n) is 8.23. The van der Waals surface area contributed by atoms with Crippen LogP contribution in [0.25, 0.3) is 0 Å². The number of benzene rings is 1. The van der Waals surface area contributed by atoms with Crippen LogP contribution in [0.2, 0.25) is 0 Å². The summed E-state index contributed by atoms with van der Waals surface area (Å²) in [5.41, 5.74) is 3.33. The van der Waals surface area contributed by atoms with Crippen molar-refractivity contribution in [3.05, 3.63) is 29.8 Å². The van der Waals surface area contributed by atoms with Crippen LogP contribution in [0.1, 0.15) is 126 Å². The molecule has 0 spiro atoms. The van der Waals surface area contributed by atoms with Crippen molar-refractivity contribution >= 4 is 17.6 Å². The Bertz CT molecular complexity index is 957. The lowest BCUT2D eigenvalue weighted by atomic mass is 9.78. The first-order chi connectivity index (χ1) is 20.6. The second kappa shape index (κ2) is 16.1. The second-order valence-corrected chi connectivity index (χ2v) is 13.9. The average Bonchev–Trinajstić information content (AvgIpc) is 3.55. The molecule has 234 valence electrons. The number of hydrogen-bond acceptors (Lipinski definition) is 6. The highest BCUT2D eigenvalue weighted by atomic mass is 16.5. The minimum Gasteiger partial charge on any atom is -0.461 e. The van der Waals surface area contributed by atoms with Gasteiger partial charge in [0.2, 0.25) is 0 Å². The van der Waals surface area contributed by atoms with E-state index in [1.807, 2.05) is 12.1 Å². The fraction of sp³-hybridized carbons (Fsp3) is 0.771. The highest BCUT2D eigenvalue weighted by Crippen LogP contribution is 2.34. The van der Waals surface area contributed by atoms with Crippen LogP contribution in [0.15, 0.2) is 24.3 Å². The normalized spacial score (nSPS) is 25.3. The molecule has 4 aliphatic rings. The van der Waals surface area contributed by atoms with E-state index in [4.69, 9.17) is 9.94 Å². The molecule has 1 aromatic rings. The molecule has 1 saturated heterocycles. The van der Waals surface area contributed by atoms with Crippen molar-refractivity contribution < 1.29 is 19.5 Å². The molecule has 3 N–H and O–H groups in total. The summed E-state index contributed by atoms with van der Waals surface area (Å²) < 4.78 is 6.00. The number of piperidine rings is 1. The number of anilines is 1. The maximum atomic E-state index is 13.2. The van der Waals surface area contributed by atoms with Crippen LogP contribution in [0, 0.1) is 23.7 Å². The SMILES string of the molecule is O=C(NO)c1ccc(N2CCC(CCCC3CCC(CN[C@H](C(=O)OC4CCCC4)C4CCCCC4)CC3)CC2)cc1. The van der Waals surface area contributed by atoms with Crippen LogP contribution in [0.4, 0.5) is 5.69 Å². The maximum Gasteiger partial charge on any atom is 0.323 e. The summed E-state index contributed by atoms with van der Waals surface area (Å²) in [6, 6.07) is 7.42. The van der Waals surface area contributed by atoms with Crippen LogP contribution in [-0.2, 0) is 9.53 Å². The Hall–Kier alpha value is -2.12. The molecule has 7 nitrogen and oxygen atoms in total. The van der Waals surface area contributed by atoms with Gasteiger partial charge in [-0.05, 0) is 119 Å². The van der Waals surface area contributed by atoms with Crippen LogP contribution in [0.3, 0.4) is 0 Å². The van der Waals surface area contributed by atoms with Gasteiger partial charge in [0.25, 0.3) is 5.91 Å². The zero-order chi connectivity index (χ0) is 29.1. The second-order valence-electron chi connectivity index (χ2n) is 13.9. The molecule has 0 aromatic heterocycles. The molecule has 4 fully saturated rings. The zero-order valence-electron chi connectivity index (χ0n) is 25.7. The molecule has 1 aromatic carbocycles. The number of hydrogen-bond donors (Lipinski definition) is 3. The van der Waals surface area contributed by atoms with Crippen LogP contribution < -0.4 is 15.7 Å². The molecule has 5 rings (SSSR count). The van der Waals surface area contributed by atoms with E-state index in [0.29, 0.717) is 17.4 Å². The molecule has 1 amide bonds. The molecule has 3 aliphatic carbocycles. The number of esters is 1. The first-order valence-corrected chi connectivity index (χ1v) is 17.3. The fourth-order valence-corrected chi connectivity index (χ4v) is 8.23. The molecule has 1 aliphatic heterocycles. The van der Waals surface area contributed by atoms with Crippen molar-refractivity contribution in [3.63, 3.8) is 0 Å². The number of hydroxylamine groups is 1. The summed E-state index contributed by atoms with van der Waals surface area (Å²) in [5, 5.41) is 12.6. The van der Waals surface area contributed by atoms with Crippen molar-refractivity contribution in [2.24, 2.45) is 23.7 Å². The smallest absolute Gasteiger partial charge is 0.323 e. The van der Waals surface area contributed by atoms with Crippen LogP contribution >= 0.6 is 0 Å². The number of nitrogens with zero attached hydrogens (tertiary/aromatic N) is 1. The van der Waals surface area contributed by atoms with Gasteiger partial charge in [0.15, 0.2) is 0 Å². The number of carbonyl (C=O) groups is 2. The highest BCUT2D eigenvalue weighted by Gasteiger charge is 2.33. The molecule has 3 saturated carbocycles. The van der Waals surface area contributed by atoms with Gasteiger partial charge in [-0.1, -0.05) is 51.4 Å². The predicted molar refractivity (Wildman–Crippen MR) is 167 cm³/mol. The number of ether oxygens (including phenoxy) is 1. The molecular formula is C35H55N3O4. The van der Waals surface area contributed by atoms with Crippen molar-refractivity contribution in [1.82, 2.24) is 10.8 Å². The molecule has 7 heteroatoms. The van der Waals surface area contributed by atoms with Crippen molar-refractivity contribution in [2.75, 3.05) is 24.5 Å². The maximum absolute atomic E-state index is 13.2. The third-order valence-electron chi connectivity index (χ3n) is 11.0. The minimum absolute atomic E-state index is 0.0401. The Labute approximate surface area is 253 Å². The van der Waals surface area contributed by atoms with E-state index >= 15 is 0 Å². The standard InChI is InChI=1S/C35H55N3O4/c39-34(37-41)30-17-19-31(20-18-30)38-23-21-27(22-24-38)8-6-7-26-13-15-28(16-14-26)25-36-33(29-9-2-1-3-10-29)35(40)42-32-11-4-5-12-32/h17-20,26-29,32-33,36,41H,1-16,21-25H2,(H,37,39)/t26?,28?,33-/m0/s1. The minimum atomic E-state index is -0.468. The summed E-state index contributed by atoms with van der Waals surface area (Å²) >= 11 is 0. The van der Waals surface area contributed by atoms with Gasteiger partial charge >= 0.3 is 5.97 Å². The third-order valence-corrected chi connectivity index (χ3v) is 11.0. The lowest BCUT2D eigenvalue weighted by Crippen LogP contribution is -2.47. The largest absolute Gasteiger partial charge is 0.461 e. The summed E-state index contributed by atoms with van der Waals surface area (Å²) in [6.07, 6.45) is 22.6. The number of nitrogens with one attached hydrogen (secondary N) is 2. The molecule has 1 heterocycles. The Balaban J connectivity index is 0.967. The molecule has 0 bridgehead atoms. The van der Waals surface area contributed by atoms with Gasteiger partial charge in [-0.3, -0.25) is 14.8 Å². The van der Waals surface area contributed by atoms with Gasteiger partial charge in [0, 0.05) is 24.3 Å². The Morgan fingerprint density at radius 1 is 0.786 bits per heavy atom. The Morgan fingerprint density at radius 2 is 1.38 bits per heavy atom. The van der Waals surface area contributed by atoms with Gasteiger partial charge in [-0.2, -0.15) is 0 Å². The van der Waals surface area contributed by atoms with E-state index in [0.717, 1.165) is 50.0 Å². The Morgan fingerprint density at radius 3 is 2.02 bits per heavy atom. The molecule has 1 atom stereocenters. The van der Waals surface area contributed by atoms with E-state index in [9.17, 15) is 9.59 Å². The first kappa shape index (κ1) is 31.3. The lowest BCUT2D eigenvalue weighted by Gasteiger charge is -2.35. The van der Waals surface area contributed by atoms with Gasteiger partial charge in [0.05, 0.1) is 0 Å². The monoisotopic (exact) mass is 581 g/mol. The van der Waals surface area contributed by atoms with Crippen molar-refractivity contribution in [1.29, 1.82) is 0 Å². The van der Waals surface area contributed by atoms with Crippen molar-refractivity contribution in [3.8, 4) is 0 Å². The van der Waals surface area contributed by atoms with E-state index < -0.39 is 5.91 Å². The van der Waals surface area contributed by atoms with Crippen molar-refractivity contribution in [2.45, 2.75) is 128 Å². The number of rotatable bonds is 12. The predicted octanol–water partition coefficient (Wildman–Crippen LogP) is 7.02. The van der Waals surface area contributed by atoms with Crippen LogP contribution in [-0.4, -0.2) is 48.9 Å². The topological polar surface area (TPSA) is 90.9 Å². The first-order valence-electron chi connectivity index (χ1n) is 17.3. The molecule has 0 radical (unpaired) electrons. The van der Waals surface area contributed by atoms with E-state index in [1.54, 1.807) is 17.6 Å². The third kappa shape index (κ3) is 8.95. The molecule has 0 unspecified atom stereocenters. The molecule has 42 heavy (non-hydrogen) atoms. The van der Waals surface area contributed by atoms with Gasteiger partial charge < -0.3 is 15.0 Å². The van der Waals surface area contributed by atoms with Gasteiger partial charge in [-0.15, -0.1) is 0 Å². The van der Waals surface area contributed by atoms with E-state index in [2.05, 4.69) is 10.2 Å². The highest BCUT2D eigenvalue weighted by molar-refractivity contribution is 5.93. The lowest BCUT2D eigenvalue weighted by molar-refractivity contribution is -0.153. The molecular weight excluding hydrogens is 526 g/mol. The number of carbonyl (C=O) groups excluding carboxylic acids is 2. The summed E-state index contributed by atoms with van der Waals surface area (Å²) in [4.78, 5) is 27.2. The van der Waals surface area contributed by atoms with E-state index in [1.165, 1.54) is 103 Å². The quantitative estimate of drug-likeness (QED) is 0.140. The number of amides is 1. The van der Waals surface area contributed by atoms with Crippen LogP contribution in [0.5, 0.6) is 0 Å².